The first-order valence-corrected chi connectivity index (χ1v) is 15.2. The lowest BCUT2D eigenvalue weighted by Crippen LogP contribution is -2.46. The fourth-order valence-corrected chi connectivity index (χ4v) is 7.87. The molecule has 0 saturated carbocycles. The number of nitrogens with one attached hydrogen (secondary N) is 2. The van der Waals surface area contributed by atoms with Crippen LogP contribution in [0, 0.1) is 27.7 Å². The van der Waals surface area contributed by atoms with Gasteiger partial charge in [0.25, 0.3) is 5.91 Å². The number of hydrogen-bond acceptors (Lipinski definition) is 5. The number of H-pyrrole nitrogens is 1. The Labute approximate surface area is 245 Å². The van der Waals surface area contributed by atoms with Gasteiger partial charge in [-0.3, -0.25) is 14.4 Å². The molecule has 1 saturated heterocycles. The van der Waals surface area contributed by atoms with Crippen molar-refractivity contribution >= 4 is 50.0 Å². The molecule has 1 aromatic heterocycles. The van der Waals surface area contributed by atoms with E-state index < -0.39 is 27.9 Å². The third kappa shape index (κ3) is 5.23. The van der Waals surface area contributed by atoms with Crippen LogP contribution >= 0.6 is 0 Å². The molecule has 1 aliphatic heterocycles. The van der Waals surface area contributed by atoms with Crippen LogP contribution in [0.1, 0.15) is 41.2 Å². The van der Waals surface area contributed by atoms with Crippen molar-refractivity contribution in [2.75, 3.05) is 16.8 Å². The van der Waals surface area contributed by atoms with Crippen LogP contribution in [0.25, 0.3) is 10.9 Å². The van der Waals surface area contributed by atoms with Crippen molar-refractivity contribution in [1.29, 1.82) is 0 Å². The minimum Gasteiger partial charge on any atom is -0.361 e. The van der Waals surface area contributed by atoms with Crippen LogP contribution < -0.4 is 10.2 Å². The van der Waals surface area contributed by atoms with Crippen LogP contribution in [0.15, 0.2) is 65.7 Å². The monoisotopic (exact) mass is 586 g/mol. The highest BCUT2D eigenvalue weighted by molar-refractivity contribution is 7.89. The van der Waals surface area contributed by atoms with Gasteiger partial charge in [-0.1, -0.05) is 24.3 Å². The first-order chi connectivity index (χ1) is 19.9. The van der Waals surface area contributed by atoms with E-state index in [1.54, 1.807) is 38.1 Å². The molecule has 5 rings (SSSR count). The Morgan fingerprint density at radius 2 is 1.64 bits per heavy atom. The van der Waals surface area contributed by atoms with Gasteiger partial charge in [0, 0.05) is 36.3 Å². The molecule has 0 spiro atoms. The smallest absolute Gasteiger partial charge is 0.252 e. The molecule has 0 bridgehead atoms. The molecule has 3 aromatic carbocycles. The summed E-state index contributed by atoms with van der Waals surface area (Å²) in [5, 5.41) is 3.63. The van der Waals surface area contributed by atoms with Crippen LogP contribution in [0.3, 0.4) is 0 Å². The maximum Gasteiger partial charge on any atom is 0.252 e. The lowest BCUT2D eigenvalue weighted by atomic mass is 10.0. The summed E-state index contributed by atoms with van der Waals surface area (Å²) in [7, 11) is -4.20. The van der Waals surface area contributed by atoms with Crippen LogP contribution in [-0.4, -0.2) is 48.0 Å². The number of hydrogen-bond donors (Lipinski definition) is 2. The molecule has 0 aliphatic carbocycles. The Kier molecular flexibility index (Phi) is 7.78. The summed E-state index contributed by atoms with van der Waals surface area (Å²) in [4.78, 5) is 43.0. The van der Waals surface area contributed by atoms with E-state index in [-0.39, 0.29) is 23.8 Å². The van der Waals surface area contributed by atoms with E-state index >= 15 is 0 Å². The molecule has 218 valence electrons. The minimum absolute atomic E-state index is 0.00897. The Morgan fingerprint density at radius 3 is 2.29 bits per heavy atom. The number of amides is 3. The molecule has 2 heterocycles. The average Bonchev–Trinajstić information content (AvgIpc) is 3.47. The van der Waals surface area contributed by atoms with E-state index in [0.717, 1.165) is 32.5 Å². The van der Waals surface area contributed by atoms with Crippen LogP contribution in [0.4, 0.5) is 11.4 Å². The van der Waals surface area contributed by atoms with Gasteiger partial charge in [0.2, 0.25) is 21.8 Å². The van der Waals surface area contributed by atoms with E-state index in [1.165, 1.54) is 11.2 Å². The quantitative estimate of drug-likeness (QED) is 0.284. The third-order valence-corrected chi connectivity index (χ3v) is 10.2. The average molecular weight is 587 g/mol. The molecular formula is C32H34N4O5S. The second kappa shape index (κ2) is 11.2. The van der Waals surface area contributed by atoms with E-state index in [1.807, 2.05) is 50.4 Å². The van der Waals surface area contributed by atoms with Crippen molar-refractivity contribution in [2.24, 2.45) is 0 Å². The Morgan fingerprint density at radius 1 is 1.00 bits per heavy atom. The standard InChI is InChI=1S/C32H34N4O5S/c1-19-16-20(2)22(4)31(21(19)3)42(40,41)35(15-14-24-18-33-28-9-7-6-8-27(24)28)29-17-30(38)36(32(29)39)26-12-10-25(11-13-26)34-23(5)37/h6-13,16,18,29,33H,14-15,17H2,1-5H3,(H,34,37). The van der Waals surface area contributed by atoms with Gasteiger partial charge in [0.1, 0.15) is 6.04 Å². The second-order valence-electron chi connectivity index (χ2n) is 10.8. The summed E-state index contributed by atoms with van der Waals surface area (Å²) in [6.45, 7) is 8.68. The van der Waals surface area contributed by atoms with Gasteiger partial charge in [-0.25, -0.2) is 13.3 Å². The maximum absolute atomic E-state index is 14.5. The largest absolute Gasteiger partial charge is 0.361 e. The number of benzene rings is 3. The molecule has 4 aromatic rings. The van der Waals surface area contributed by atoms with Gasteiger partial charge in [0.15, 0.2) is 0 Å². The first-order valence-electron chi connectivity index (χ1n) is 13.8. The number of aromatic nitrogens is 1. The van der Waals surface area contributed by atoms with Gasteiger partial charge in [0.05, 0.1) is 17.0 Å². The van der Waals surface area contributed by atoms with Gasteiger partial charge in [-0.15, -0.1) is 0 Å². The Balaban J connectivity index is 1.55. The molecule has 42 heavy (non-hydrogen) atoms. The number of carbonyl (C=O) groups is 3. The topological polar surface area (TPSA) is 120 Å². The van der Waals surface area contributed by atoms with Crippen molar-refractivity contribution in [1.82, 2.24) is 9.29 Å². The predicted octanol–water partition coefficient (Wildman–Crippen LogP) is 4.93. The zero-order chi connectivity index (χ0) is 30.3. The number of aromatic amines is 1. The van der Waals surface area contributed by atoms with Gasteiger partial charge in [-0.2, -0.15) is 4.31 Å². The number of nitrogens with zero attached hydrogens (tertiary/aromatic N) is 2. The Hall–Kier alpha value is -4.28. The SMILES string of the molecule is CC(=O)Nc1ccc(N2C(=O)CC(N(CCc3c[nH]c4ccccc34)S(=O)(=O)c3c(C)c(C)cc(C)c3C)C2=O)cc1. The number of imide groups is 1. The fraction of sp³-hybridized carbons (Fsp3) is 0.281. The van der Waals surface area contributed by atoms with Crippen molar-refractivity contribution < 1.29 is 22.8 Å². The Bertz CT molecular complexity index is 1800. The summed E-state index contributed by atoms with van der Waals surface area (Å²) in [6, 6.07) is 14.8. The molecule has 10 heteroatoms. The number of rotatable bonds is 8. The first kappa shape index (κ1) is 29.2. The second-order valence-corrected chi connectivity index (χ2v) is 12.7. The van der Waals surface area contributed by atoms with Gasteiger partial charge >= 0.3 is 0 Å². The highest BCUT2D eigenvalue weighted by Crippen LogP contribution is 2.34. The normalized spacial score (nSPS) is 15.7. The van der Waals surface area contributed by atoms with E-state index in [2.05, 4.69) is 10.3 Å². The molecular weight excluding hydrogens is 552 g/mol. The van der Waals surface area contributed by atoms with Crippen molar-refractivity contribution in [3.8, 4) is 0 Å². The molecule has 2 N–H and O–H groups in total. The minimum atomic E-state index is -4.20. The van der Waals surface area contributed by atoms with Crippen LogP contribution in [0.5, 0.6) is 0 Å². The number of carbonyl (C=O) groups excluding carboxylic acids is 3. The zero-order valence-electron chi connectivity index (χ0n) is 24.3. The summed E-state index contributed by atoms with van der Waals surface area (Å²) < 4.78 is 30.3. The molecule has 1 fully saturated rings. The lowest BCUT2D eigenvalue weighted by Gasteiger charge is -2.29. The number of fused-ring (bicyclic) bond motifs is 1. The number of para-hydroxylation sites is 1. The van der Waals surface area contributed by atoms with Crippen LogP contribution in [-0.2, 0) is 30.8 Å². The molecule has 1 aliphatic rings. The highest BCUT2D eigenvalue weighted by Gasteiger charge is 2.47. The fourth-order valence-electron chi connectivity index (χ4n) is 5.71. The summed E-state index contributed by atoms with van der Waals surface area (Å²) in [5.74, 6) is -1.34. The zero-order valence-corrected chi connectivity index (χ0v) is 25.1. The van der Waals surface area contributed by atoms with E-state index in [0.29, 0.717) is 28.9 Å². The molecule has 3 amide bonds. The molecule has 1 unspecified atom stereocenters. The number of aryl methyl sites for hydroxylation is 2. The highest BCUT2D eigenvalue weighted by atomic mass is 32.2. The molecule has 9 nitrogen and oxygen atoms in total. The number of anilines is 2. The van der Waals surface area contributed by atoms with E-state index in [4.69, 9.17) is 0 Å². The summed E-state index contributed by atoms with van der Waals surface area (Å²) >= 11 is 0. The molecule has 1 atom stereocenters. The predicted molar refractivity (Wildman–Crippen MR) is 163 cm³/mol. The summed E-state index contributed by atoms with van der Waals surface area (Å²) in [5.41, 5.74) is 5.60. The van der Waals surface area contributed by atoms with Crippen molar-refractivity contribution in [3.05, 3.63) is 88.6 Å². The van der Waals surface area contributed by atoms with Crippen molar-refractivity contribution in [2.45, 2.75) is 58.4 Å². The van der Waals surface area contributed by atoms with Crippen LogP contribution in [0.2, 0.25) is 0 Å². The lowest BCUT2D eigenvalue weighted by molar-refractivity contribution is -0.122. The van der Waals surface area contributed by atoms with Crippen molar-refractivity contribution in [3.63, 3.8) is 0 Å². The third-order valence-electron chi connectivity index (χ3n) is 8.06. The van der Waals surface area contributed by atoms with Gasteiger partial charge in [-0.05, 0) is 92.3 Å². The number of sulfonamides is 1. The molecule has 0 radical (unpaired) electrons. The van der Waals surface area contributed by atoms with E-state index in [9.17, 15) is 22.8 Å². The van der Waals surface area contributed by atoms with Gasteiger partial charge < -0.3 is 10.3 Å². The maximum atomic E-state index is 14.5. The summed E-state index contributed by atoms with van der Waals surface area (Å²) in [6.07, 6.45) is 1.92.